The number of carbonyl (C=O) groups excluding carboxylic acids is 1. The van der Waals surface area contributed by atoms with E-state index in [1.54, 1.807) is 7.11 Å². The molecule has 0 bridgehead atoms. The number of cyclic esters (lactones) is 1. The van der Waals surface area contributed by atoms with Gasteiger partial charge in [0.2, 0.25) is 0 Å². The van der Waals surface area contributed by atoms with Crippen LogP contribution < -0.4 is 4.74 Å². The second-order valence-corrected chi connectivity index (χ2v) is 6.41. The minimum Gasteiger partial charge on any atom is -0.497 e. The summed E-state index contributed by atoms with van der Waals surface area (Å²) in [5.41, 5.74) is 4.91. The fourth-order valence-electron chi connectivity index (χ4n) is 4.08. The first-order chi connectivity index (χ1) is 10.7. The topological polar surface area (TPSA) is 38.8 Å². The third kappa shape index (κ3) is 2.01. The second kappa shape index (κ2) is 5.04. The van der Waals surface area contributed by atoms with Crippen molar-refractivity contribution in [3.8, 4) is 5.75 Å². The molecule has 4 nitrogen and oxygen atoms in total. The Morgan fingerprint density at radius 1 is 1.32 bits per heavy atom. The number of esters is 1. The lowest BCUT2D eigenvalue weighted by molar-refractivity contribution is -0.146. The number of fused-ring (bicyclic) bond motifs is 4. The van der Waals surface area contributed by atoms with Crippen LogP contribution in [0.5, 0.6) is 5.75 Å². The van der Waals surface area contributed by atoms with Crippen LogP contribution >= 0.6 is 0 Å². The molecule has 4 rings (SSSR count). The molecule has 1 aromatic rings. The summed E-state index contributed by atoms with van der Waals surface area (Å²) >= 11 is 0. The van der Waals surface area contributed by atoms with Gasteiger partial charge >= 0.3 is 5.97 Å². The molecule has 0 saturated carbocycles. The van der Waals surface area contributed by atoms with Crippen LogP contribution in [0.3, 0.4) is 0 Å². The van der Waals surface area contributed by atoms with Crippen molar-refractivity contribution in [1.29, 1.82) is 0 Å². The van der Waals surface area contributed by atoms with Crippen molar-refractivity contribution in [3.05, 3.63) is 40.6 Å². The van der Waals surface area contributed by atoms with Gasteiger partial charge in [-0.1, -0.05) is 6.07 Å². The molecule has 3 aliphatic rings. The Labute approximate surface area is 130 Å². The molecular weight excluding hydrogens is 278 g/mol. The Morgan fingerprint density at radius 3 is 3.00 bits per heavy atom. The van der Waals surface area contributed by atoms with Gasteiger partial charge in [0, 0.05) is 18.7 Å². The molecule has 0 spiro atoms. The molecule has 2 atom stereocenters. The maximum absolute atomic E-state index is 12.1. The average Bonchev–Trinajstić information content (AvgIpc) is 2.53. The van der Waals surface area contributed by atoms with Crippen LogP contribution in [0.2, 0.25) is 0 Å². The van der Waals surface area contributed by atoms with Crippen molar-refractivity contribution in [1.82, 2.24) is 4.90 Å². The van der Waals surface area contributed by atoms with Gasteiger partial charge in [-0.2, -0.15) is 0 Å². The Morgan fingerprint density at radius 2 is 2.18 bits per heavy atom. The predicted octanol–water partition coefficient (Wildman–Crippen LogP) is 2.98. The molecule has 0 saturated heterocycles. The minimum atomic E-state index is -0.104. The predicted molar refractivity (Wildman–Crippen MR) is 82.6 cm³/mol. The first-order valence-electron chi connectivity index (χ1n) is 8.04. The number of carbonyl (C=O) groups is 1. The van der Waals surface area contributed by atoms with Crippen LogP contribution in [-0.4, -0.2) is 30.6 Å². The average molecular weight is 299 g/mol. The summed E-state index contributed by atoms with van der Waals surface area (Å²) in [4.78, 5) is 14.6. The van der Waals surface area contributed by atoms with Crippen molar-refractivity contribution in [2.75, 3.05) is 13.7 Å². The molecule has 2 unspecified atom stereocenters. The number of hydrogen-bond acceptors (Lipinski definition) is 4. The van der Waals surface area contributed by atoms with E-state index < -0.39 is 0 Å². The maximum atomic E-state index is 12.1. The number of ether oxygens (including phenoxy) is 2. The van der Waals surface area contributed by atoms with Gasteiger partial charge in [0.25, 0.3) is 0 Å². The van der Waals surface area contributed by atoms with E-state index in [1.165, 1.54) is 16.8 Å². The third-order valence-electron chi connectivity index (χ3n) is 5.11. The van der Waals surface area contributed by atoms with Crippen LogP contribution in [0.4, 0.5) is 0 Å². The van der Waals surface area contributed by atoms with Gasteiger partial charge in [0.15, 0.2) is 0 Å². The summed E-state index contributed by atoms with van der Waals surface area (Å²) in [6.45, 7) is 2.96. The Balaban J connectivity index is 1.72. The molecule has 22 heavy (non-hydrogen) atoms. The van der Waals surface area contributed by atoms with Gasteiger partial charge in [-0.3, -0.25) is 0 Å². The van der Waals surface area contributed by atoms with Gasteiger partial charge < -0.3 is 14.4 Å². The fourth-order valence-corrected chi connectivity index (χ4v) is 4.08. The van der Waals surface area contributed by atoms with Gasteiger partial charge in [0.1, 0.15) is 11.9 Å². The molecule has 4 heteroatoms. The largest absolute Gasteiger partial charge is 0.497 e. The maximum Gasteiger partial charge on any atom is 0.336 e. The number of nitrogens with zero attached hydrogens (tertiary/aromatic N) is 1. The minimum absolute atomic E-state index is 0.0118. The fraction of sp³-hybridized carbons (Fsp3) is 0.500. The van der Waals surface area contributed by atoms with E-state index in [-0.39, 0.29) is 12.1 Å². The van der Waals surface area contributed by atoms with Crippen molar-refractivity contribution in [2.45, 2.75) is 44.8 Å². The van der Waals surface area contributed by atoms with E-state index in [2.05, 4.69) is 17.0 Å². The number of benzene rings is 1. The first-order valence-corrected chi connectivity index (χ1v) is 8.04. The van der Waals surface area contributed by atoms with Gasteiger partial charge in [-0.15, -0.1) is 0 Å². The highest BCUT2D eigenvalue weighted by molar-refractivity contribution is 5.90. The molecule has 0 radical (unpaired) electrons. The van der Waals surface area contributed by atoms with Crippen molar-refractivity contribution in [2.24, 2.45) is 0 Å². The smallest absolute Gasteiger partial charge is 0.336 e. The van der Waals surface area contributed by atoms with Crippen molar-refractivity contribution in [3.63, 3.8) is 0 Å². The van der Waals surface area contributed by atoms with Crippen LogP contribution in [-0.2, 0) is 16.0 Å². The molecule has 3 heterocycles. The van der Waals surface area contributed by atoms with E-state index in [0.717, 1.165) is 43.6 Å². The number of hydrogen-bond donors (Lipinski definition) is 0. The first kappa shape index (κ1) is 13.7. The second-order valence-electron chi connectivity index (χ2n) is 6.41. The molecular formula is C18H21NO3. The molecule has 0 aliphatic carbocycles. The lowest BCUT2D eigenvalue weighted by atomic mass is 9.83. The Hall–Kier alpha value is -1.97. The van der Waals surface area contributed by atoms with E-state index >= 15 is 0 Å². The molecule has 0 aromatic heterocycles. The van der Waals surface area contributed by atoms with Crippen LogP contribution in [0.15, 0.2) is 29.5 Å². The summed E-state index contributed by atoms with van der Waals surface area (Å²) in [6.07, 6.45) is 3.66. The summed E-state index contributed by atoms with van der Waals surface area (Å²) in [5, 5.41) is 0. The van der Waals surface area contributed by atoms with Crippen LogP contribution in [0.25, 0.3) is 0 Å². The van der Waals surface area contributed by atoms with Gasteiger partial charge in [-0.25, -0.2) is 4.79 Å². The highest BCUT2D eigenvalue weighted by Gasteiger charge is 2.39. The summed E-state index contributed by atoms with van der Waals surface area (Å²) < 4.78 is 10.7. The monoisotopic (exact) mass is 299 g/mol. The van der Waals surface area contributed by atoms with Gasteiger partial charge in [-0.05, 0) is 49.4 Å². The quantitative estimate of drug-likeness (QED) is 0.747. The zero-order chi connectivity index (χ0) is 15.3. The normalized spacial score (nSPS) is 26.8. The lowest BCUT2D eigenvalue weighted by Gasteiger charge is -2.46. The van der Waals surface area contributed by atoms with Gasteiger partial charge in [0.05, 0.1) is 18.7 Å². The lowest BCUT2D eigenvalue weighted by Crippen LogP contribution is -2.42. The van der Waals surface area contributed by atoms with E-state index in [0.29, 0.717) is 6.04 Å². The number of methoxy groups -OCH3 is 1. The van der Waals surface area contributed by atoms with E-state index in [1.807, 2.05) is 13.0 Å². The molecule has 0 fully saturated rings. The molecule has 0 amide bonds. The zero-order valence-corrected chi connectivity index (χ0v) is 13.1. The summed E-state index contributed by atoms with van der Waals surface area (Å²) in [5.74, 6) is 0.825. The molecule has 3 aliphatic heterocycles. The SMILES string of the molecule is COc1ccc2c(c1)CCN1C3=C(CCC21)C(=O)OC(C)C3. The Bertz CT molecular complexity index is 664. The highest BCUT2D eigenvalue weighted by Crippen LogP contribution is 2.44. The highest BCUT2D eigenvalue weighted by atomic mass is 16.5. The van der Waals surface area contributed by atoms with Crippen LogP contribution in [0.1, 0.15) is 43.4 Å². The molecule has 116 valence electrons. The standard InChI is InChI=1S/C18H21NO3/c1-11-9-17-15(18(20)22-11)5-6-16-14-4-3-13(21-2)10-12(14)7-8-19(16)17/h3-4,10-11,16H,5-9H2,1-2H3. The van der Waals surface area contributed by atoms with Crippen molar-refractivity contribution >= 4 is 5.97 Å². The summed E-state index contributed by atoms with van der Waals surface area (Å²) in [6, 6.07) is 6.80. The van der Waals surface area contributed by atoms with E-state index in [4.69, 9.17) is 9.47 Å². The van der Waals surface area contributed by atoms with Crippen LogP contribution in [0, 0.1) is 0 Å². The Kier molecular flexibility index (Phi) is 3.13. The zero-order valence-electron chi connectivity index (χ0n) is 13.1. The number of rotatable bonds is 1. The summed E-state index contributed by atoms with van der Waals surface area (Å²) in [7, 11) is 1.71. The van der Waals surface area contributed by atoms with E-state index in [9.17, 15) is 4.79 Å². The molecule has 1 aromatic carbocycles. The van der Waals surface area contributed by atoms with Crippen molar-refractivity contribution < 1.29 is 14.3 Å². The molecule has 0 N–H and O–H groups in total. The third-order valence-corrected chi connectivity index (χ3v) is 5.11.